The van der Waals surface area contributed by atoms with Crippen molar-refractivity contribution < 1.29 is 4.79 Å². The summed E-state index contributed by atoms with van der Waals surface area (Å²) in [6, 6.07) is 7.66. The van der Waals surface area contributed by atoms with Crippen LogP contribution in [0, 0.1) is 12.8 Å². The minimum Gasteiger partial charge on any atom is -0.338 e. The SMILES string of the molecule is Cc1nc(-c2ccc(Cl)cc2)sc1C(=O)N1CCCC(C(C)N)C1. The number of hydrogen-bond acceptors (Lipinski definition) is 4. The fraction of sp³-hybridized carbons (Fsp3) is 0.444. The van der Waals surface area contributed by atoms with E-state index in [1.165, 1.54) is 11.3 Å². The predicted molar refractivity (Wildman–Crippen MR) is 99.6 cm³/mol. The van der Waals surface area contributed by atoms with Gasteiger partial charge in [0.05, 0.1) is 5.69 Å². The highest BCUT2D eigenvalue weighted by molar-refractivity contribution is 7.17. The minimum atomic E-state index is 0.0792. The van der Waals surface area contributed by atoms with Gasteiger partial charge in [0.15, 0.2) is 0 Å². The average molecular weight is 364 g/mol. The zero-order chi connectivity index (χ0) is 17.3. The van der Waals surface area contributed by atoms with Crippen molar-refractivity contribution in [1.82, 2.24) is 9.88 Å². The molecule has 0 spiro atoms. The standard InChI is InChI=1S/C18H22ClN3OS/c1-11(20)14-4-3-9-22(10-14)18(23)16-12(2)21-17(24-16)13-5-7-15(19)8-6-13/h5-8,11,14H,3-4,9-10,20H2,1-2H3. The molecular weight excluding hydrogens is 342 g/mol. The molecule has 1 saturated heterocycles. The van der Waals surface area contributed by atoms with Crippen molar-refractivity contribution in [3.05, 3.63) is 39.9 Å². The number of hydrogen-bond donors (Lipinski definition) is 1. The maximum atomic E-state index is 12.9. The van der Waals surface area contributed by atoms with Crippen LogP contribution in [0.5, 0.6) is 0 Å². The summed E-state index contributed by atoms with van der Waals surface area (Å²) in [6.45, 7) is 5.46. The molecule has 4 nitrogen and oxygen atoms in total. The van der Waals surface area contributed by atoms with Crippen LogP contribution in [0.4, 0.5) is 0 Å². The van der Waals surface area contributed by atoms with E-state index >= 15 is 0 Å². The second-order valence-corrected chi connectivity index (χ2v) is 7.89. The lowest BCUT2D eigenvalue weighted by molar-refractivity contribution is 0.0665. The number of likely N-dealkylation sites (tertiary alicyclic amines) is 1. The molecule has 1 aliphatic rings. The van der Waals surface area contributed by atoms with Crippen molar-refractivity contribution in [2.24, 2.45) is 11.7 Å². The summed E-state index contributed by atoms with van der Waals surface area (Å²) in [4.78, 5) is 20.2. The number of nitrogens with two attached hydrogens (primary N) is 1. The maximum absolute atomic E-state index is 12.9. The molecule has 1 fully saturated rings. The summed E-state index contributed by atoms with van der Waals surface area (Å²) < 4.78 is 0. The number of aromatic nitrogens is 1. The lowest BCUT2D eigenvalue weighted by atomic mass is 9.92. The molecule has 2 atom stereocenters. The topological polar surface area (TPSA) is 59.2 Å². The zero-order valence-electron chi connectivity index (χ0n) is 14.0. The minimum absolute atomic E-state index is 0.0792. The van der Waals surface area contributed by atoms with E-state index in [1.807, 2.05) is 43.0 Å². The molecule has 24 heavy (non-hydrogen) atoms. The Labute approximate surface area is 151 Å². The Balaban J connectivity index is 1.81. The maximum Gasteiger partial charge on any atom is 0.265 e. The van der Waals surface area contributed by atoms with E-state index in [1.54, 1.807) is 0 Å². The molecule has 2 aromatic rings. The fourth-order valence-corrected chi connectivity index (χ4v) is 4.24. The first kappa shape index (κ1) is 17.4. The molecule has 128 valence electrons. The van der Waals surface area contributed by atoms with E-state index in [9.17, 15) is 4.79 Å². The van der Waals surface area contributed by atoms with Gasteiger partial charge in [0.1, 0.15) is 9.88 Å². The second kappa shape index (κ2) is 7.21. The highest BCUT2D eigenvalue weighted by Gasteiger charge is 2.28. The van der Waals surface area contributed by atoms with Crippen molar-refractivity contribution >= 4 is 28.8 Å². The third kappa shape index (κ3) is 3.63. The molecule has 0 aliphatic carbocycles. The predicted octanol–water partition coefficient (Wildman–Crippen LogP) is 3.97. The van der Waals surface area contributed by atoms with Crippen LogP contribution < -0.4 is 5.73 Å². The van der Waals surface area contributed by atoms with Gasteiger partial charge < -0.3 is 10.6 Å². The summed E-state index contributed by atoms with van der Waals surface area (Å²) >= 11 is 7.39. The smallest absolute Gasteiger partial charge is 0.265 e. The Morgan fingerprint density at radius 1 is 1.42 bits per heavy atom. The molecule has 3 rings (SSSR count). The Kier molecular flexibility index (Phi) is 5.23. The van der Waals surface area contributed by atoms with E-state index in [0.29, 0.717) is 10.9 Å². The molecule has 1 aromatic carbocycles. The van der Waals surface area contributed by atoms with E-state index in [0.717, 1.165) is 47.1 Å². The number of amides is 1. The third-order valence-corrected chi connectivity index (χ3v) is 6.02. The van der Waals surface area contributed by atoms with Crippen LogP contribution in [-0.2, 0) is 0 Å². The summed E-state index contributed by atoms with van der Waals surface area (Å²) in [7, 11) is 0. The molecule has 2 N–H and O–H groups in total. The number of halogens is 1. The van der Waals surface area contributed by atoms with Crippen LogP contribution in [0.25, 0.3) is 10.6 Å². The molecule has 0 radical (unpaired) electrons. The van der Waals surface area contributed by atoms with Crippen LogP contribution >= 0.6 is 22.9 Å². The van der Waals surface area contributed by atoms with Crippen LogP contribution in [-0.4, -0.2) is 34.9 Å². The van der Waals surface area contributed by atoms with Crippen LogP contribution in [0.3, 0.4) is 0 Å². The van der Waals surface area contributed by atoms with Gasteiger partial charge in [-0.25, -0.2) is 4.98 Å². The van der Waals surface area contributed by atoms with Gasteiger partial charge in [-0.1, -0.05) is 23.7 Å². The summed E-state index contributed by atoms with van der Waals surface area (Å²) in [6.07, 6.45) is 2.11. The van der Waals surface area contributed by atoms with Gasteiger partial charge in [0.2, 0.25) is 0 Å². The van der Waals surface area contributed by atoms with Gasteiger partial charge in [-0.15, -0.1) is 11.3 Å². The van der Waals surface area contributed by atoms with Crippen molar-refractivity contribution in [3.8, 4) is 10.6 Å². The highest BCUT2D eigenvalue weighted by atomic mass is 35.5. The Bertz CT molecular complexity index is 726. The molecule has 6 heteroatoms. The van der Waals surface area contributed by atoms with Gasteiger partial charge in [-0.3, -0.25) is 4.79 Å². The van der Waals surface area contributed by atoms with Gasteiger partial charge in [0, 0.05) is 29.7 Å². The van der Waals surface area contributed by atoms with Gasteiger partial charge in [0.25, 0.3) is 5.91 Å². The first-order valence-corrected chi connectivity index (χ1v) is 9.43. The van der Waals surface area contributed by atoms with Crippen LogP contribution in [0.2, 0.25) is 5.02 Å². The van der Waals surface area contributed by atoms with E-state index in [2.05, 4.69) is 4.98 Å². The monoisotopic (exact) mass is 363 g/mol. The molecule has 1 aromatic heterocycles. The number of nitrogens with zero attached hydrogens (tertiary/aromatic N) is 2. The number of carbonyl (C=O) groups is 1. The average Bonchev–Trinajstić information content (AvgIpc) is 2.96. The largest absolute Gasteiger partial charge is 0.338 e. The van der Waals surface area contributed by atoms with E-state index < -0.39 is 0 Å². The summed E-state index contributed by atoms with van der Waals surface area (Å²) in [5.74, 6) is 0.460. The van der Waals surface area contributed by atoms with E-state index in [-0.39, 0.29) is 11.9 Å². The van der Waals surface area contributed by atoms with Crippen molar-refractivity contribution in [1.29, 1.82) is 0 Å². The molecule has 2 unspecified atom stereocenters. The lowest BCUT2D eigenvalue weighted by Crippen LogP contribution is -2.45. The number of piperidine rings is 1. The van der Waals surface area contributed by atoms with Gasteiger partial charge in [-0.05, 0) is 44.7 Å². The molecule has 0 bridgehead atoms. The highest BCUT2D eigenvalue weighted by Crippen LogP contribution is 2.30. The van der Waals surface area contributed by atoms with Crippen LogP contribution in [0.1, 0.15) is 35.1 Å². The summed E-state index contributed by atoms with van der Waals surface area (Å²) in [5, 5.41) is 1.55. The Morgan fingerprint density at radius 3 is 2.79 bits per heavy atom. The fourth-order valence-electron chi connectivity index (χ4n) is 3.08. The van der Waals surface area contributed by atoms with E-state index in [4.69, 9.17) is 17.3 Å². The van der Waals surface area contributed by atoms with Gasteiger partial charge >= 0.3 is 0 Å². The van der Waals surface area contributed by atoms with Crippen LogP contribution in [0.15, 0.2) is 24.3 Å². The number of benzene rings is 1. The molecule has 1 aliphatic heterocycles. The molecule has 2 heterocycles. The first-order valence-electron chi connectivity index (χ1n) is 8.24. The number of carbonyl (C=O) groups excluding carboxylic acids is 1. The third-order valence-electron chi connectivity index (χ3n) is 4.57. The lowest BCUT2D eigenvalue weighted by Gasteiger charge is -2.34. The van der Waals surface area contributed by atoms with Gasteiger partial charge in [-0.2, -0.15) is 0 Å². The molecular formula is C18H22ClN3OS. The molecule has 1 amide bonds. The van der Waals surface area contributed by atoms with Crippen molar-refractivity contribution in [2.45, 2.75) is 32.7 Å². The first-order chi connectivity index (χ1) is 11.5. The zero-order valence-corrected chi connectivity index (χ0v) is 15.5. The normalized spacial score (nSPS) is 19.3. The van der Waals surface area contributed by atoms with Crippen molar-refractivity contribution in [3.63, 3.8) is 0 Å². The second-order valence-electron chi connectivity index (χ2n) is 6.45. The van der Waals surface area contributed by atoms with Crippen molar-refractivity contribution in [2.75, 3.05) is 13.1 Å². The Hall–Kier alpha value is -1.43. The quantitative estimate of drug-likeness (QED) is 0.897. The molecule has 0 saturated carbocycles. The number of aryl methyl sites for hydroxylation is 1. The Morgan fingerprint density at radius 2 is 2.12 bits per heavy atom. The number of thiazole rings is 1. The number of rotatable bonds is 3. The summed E-state index contributed by atoms with van der Waals surface area (Å²) in [5.41, 5.74) is 7.81.